The molecule has 1 unspecified atom stereocenters. The van der Waals surface area contributed by atoms with Gasteiger partial charge in [0.25, 0.3) is 0 Å². The Morgan fingerprint density at radius 1 is 1.05 bits per heavy atom. The Kier molecular flexibility index (Phi) is 4.23. The van der Waals surface area contributed by atoms with Crippen molar-refractivity contribution in [2.45, 2.75) is 38.2 Å². The molecule has 2 aliphatic rings. The van der Waals surface area contributed by atoms with Crippen LogP contribution in [0.3, 0.4) is 0 Å². The number of anilines is 1. The number of benzene rings is 1. The molecule has 3 nitrogen and oxygen atoms in total. The summed E-state index contributed by atoms with van der Waals surface area (Å²) in [5.74, 6) is 0.956. The standard InChI is InChI=1S/C16H23NO2/c1-4-12-18-16(5-1)13-19-15-8-6-14(7-9-15)17-10-2-3-11-17/h6-9,16H,1-5,10-13H2. The number of nitrogens with zero attached hydrogens (tertiary/aromatic N) is 1. The molecule has 104 valence electrons. The van der Waals surface area contributed by atoms with Crippen LogP contribution in [0.4, 0.5) is 5.69 Å². The fourth-order valence-electron chi connectivity index (χ4n) is 2.86. The second-order valence-corrected chi connectivity index (χ2v) is 5.49. The molecular weight excluding hydrogens is 238 g/mol. The molecule has 1 aromatic carbocycles. The first-order chi connectivity index (χ1) is 9.42. The van der Waals surface area contributed by atoms with Crippen LogP contribution in [-0.4, -0.2) is 32.4 Å². The molecular formula is C16H23NO2. The molecule has 19 heavy (non-hydrogen) atoms. The number of hydrogen-bond donors (Lipinski definition) is 0. The van der Waals surface area contributed by atoms with Gasteiger partial charge >= 0.3 is 0 Å². The first-order valence-electron chi connectivity index (χ1n) is 7.51. The van der Waals surface area contributed by atoms with Crippen LogP contribution in [0.5, 0.6) is 5.75 Å². The second kappa shape index (κ2) is 6.29. The predicted molar refractivity (Wildman–Crippen MR) is 77.0 cm³/mol. The van der Waals surface area contributed by atoms with E-state index < -0.39 is 0 Å². The zero-order chi connectivity index (χ0) is 12.9. The topological polar surface area (TPSA) is 21.7 Å². The van der Waals surface area contributed by atoms with Crippen molar-refractivity contribution in [1.29, 1.82) is 0 Å². The summed E-state index contributed by atoms with van der Waals surface area (Å²) in [4.78, 5) is 2.44. The fourth-order valence-corrected chi connectivity index (χ4v) is 2.86. The van der Waals surface area contributed by atoms with Gasteiger partial charge in [-0.2, -0.15) is 0 Å². The third kappa shape index (κ3) is 3.41. The Morgan fingerprint density at radius 2 is 1.84 bits per heavy atom. The largest absolute Gasteiger partial charge is 0.491 e. The zero-order valence-electron chi connectivity index (χ0n) is 11.5. The molecule has 0 aliphatic carbocycles. The van der Waals surface area contributed by atoms with Crippen molar-refractivity contribution in [3.63, 3.8) is 0 Å². The van der Waals surface area contributed by atoms with Crippen LogP contribution in [0.25, 0.3) is 0 Å². The van der Waals surface area contributed by atoms with Crippen LogP contribution < -0.4 is 9.64 Å². The monoisotopic (exact) mass is 261 g/mol. The van der Waals surface area contributed by atoms with E-state index in [-0.39, 0.29) is 6.10 Å². The molecule has 0 aromatic heterocycles. The van der Waals surface area contributed by atoms with Gasteiger partial charge in [-0.05, 0) is 56.4 Å². The van der Waals surface area contributed by atoms with E-state index >= 15 is 0 Å². The van der Waals surface area contributed by atoms with Gasteiger partial charge < -0.3 is 14.4 Å². The van der Waals surface area contributed by atoms with Crippen molar-refractivity contribution in [1.82, 2.24) is 0 Å². The molecule has 0 bridgehead atoms. The summed E-state index contributed by atoms with van der Waals surface area (Å²) < 4.78 is 11.5. The maximum atomic E-state index is 5.82. The van der Waals surface area contributed by atoms with Crippen molar-refractivity contribution in [2.75, 3.05) is 31.2 Å². The average Bonchev–Trinajstić information content (AvgIpc) is 3.01. The van der Waals surface area contributed by atoms with E-state index in [1.54, 1.807) is 0 Å². The fraction of sp³-hybridized carbons (Fsp3) is 0.625. The first-order valence-corrected chi connectivity index (χ1v) is 7.51. The lowest BCUT2D eigenvalue weighted by atomic mass is 10.1. The molecule has 0 amide bonds. The summed E-state index contributed by atoms with van der Waals surface area (Å²) in [6.07, 6.45) is 6.51. The summed E-state index contributed by atoms with van der Waals surface area (Å²) in [6.45, 7) is 3.96. The lowest BCUT2D eigenvalue weighted by Gasteiger charge is -2.23. The Labute approximate surface area is 115 Å². The van der Waals surface area contributed by atoms with E-state index in [4.69, 9.17) is 9.47 Å². The normalized spacial score (nSPS) is 23.6. The van der Waals surface area contributed by atoms with Gasteiger partial charge in [0.15, 0.2) is 0 Å². The van der Waals surface area contributed by atoms with Crippen molar-refractivity contribution in [2.24, 2.45) is 0 Å². The van der Waals surface area contributed by atoms with Crippen LogP contribution >= 0.6 is 0 Å². The predicted octanol–water partition coefficient (Wildman–Crippen LogP) is 3.23. The highest BCUT2D eigenvalue weighted by Crippen LogP contribution is 2.23. The van der Waals surface area contributed by atoms with Crippen molar-refractivity contribution in [3.05, 3.63) is 24.3 Å². The minimum Gasteiger partial charge on any atom is -0.491 e. The van der Waals surface area contributed by atoms with Crippen LogP contribution in [0.15, 0.2) is 24.3 Å². The molecule has 2 fully saturated rings. The Hall–Kier alpha value is -1.22. The van der Waals surface area contributed by atoms with E-state index in [0.29, 0.717) is 6.61 Å². The number of rotatable bonds is 4. The van der Waals surface area contributed by atoms with Crippen molar-refractivity contribution in [3.8, 4) is 5.75 Å². The van der Waals surface area contributed by atoms with Gasteiger partial charge in [0.1, 0.15) is 12.4 Å². The Morgan fingerprint density at radius 3 is 2.53 bits per heavy atom. The minimum absolute atomic E-state index is 0.284. The van der Waals surface area contributed by atoms with Crippen molar-refractivity contribution >= 4 is 5.69 Å². The van der Waals surface area contributed by atoms with Crippen LogP contribution in [-0.2, 0) is 4.74 Å². The number of hydrogen-bond acceptors (Lipinski definition) is 3. The van der Waals surface area contributed by atoms with Crippen LogP contribution in [0, 0.1) is 0 Å². The van der Waals surface area contributed by atoms with E-state index in [2.05, 4.69) is 29.2 Å². The quantitative estimate of drug-likeness (QED) is 0.830. The van der Waals surface area contributed by atoms with Gasteiger partial charge in [0.05, 0.1) is 6.10 Å². The third-order valence-electron chi connectivity index (χ3n) is 4.02. The minimum atomic E-state index is 0.284. The van der Waals surface area contributed by atoms with Gasteiger partial charge in [0.2, 0.25) is 0 Å². The SMILES string of the molecule is c1cc(N2CCCC2)ccc1OCC1CCCCO1. The maximum absolute atomic E-state index is 5.82. The molecule has 1 atom stereocenters. The molecule has 2 heterocycles. The van der Waals surface area contributed by atoms with E-state index in [9.17, 15) is 0 Å². The molecule has 3 heteroatoms. The van der Waals surface area contributed by atoms with Crippen LogP contribution in [0.2, 0.25) is 0 Å². The molecule has 1 aromatic rings. The van der Waals surface area contributed by atoms with E-state index in [0.717, 1.165) is 18.8 Å². The Balaban J connectivity index is 1.50. The summed E-state index contributed by atoms with van der Waals surface area (Å²) in [6, 6.07) is 8.50. The van der Waals surface area contributed by atoms with Gasteiger partial charge in [0, 0.05) is 25.4 Å². The molecule has 0 saturated carbocycles. The lowest BCUT2D eigenvalue weighted by Crippen LogP contribution is -2.25. The molecule has 2 aliphatic heterocycles. The molecule has 0 radical (unpaired) electrons. The summed E-state index contributed by atoms with van der Waals surface area (Å²) in [5, 5.41) is 0. The van der Waals surface area contributed by atoms with E-state index in [1.807, 2.05) is 0 Å². The highest BCUT2D eigenvalue weighted by molar-refractivity contribution is 5.49. The maximum Gasteiger partial charge on any atom is 0.119 e. The van der Waals surface area contributed by atoms with Gasteiger partial charge in [-0.3, -0.25) is 0 Å². The lowest BCUT2D eigenvalue weighted by molar-refractivity contribution is -0.0110. The summed E-state index contributed by atoms with van der Waals surface area (Å²) in [5.41, 5.74) is 1.32. The second-order valence-electron chi connectivity index (χ2n) is 5.49. The van der Waals surface area contributed by atoms with Gasteiger partial charge in [-0.1, -0.05) is 0 Å². The molecule has 3 rings (SSSR count). The van der Waals surface area contributed by atoms with Crippen LogP contribution in [0.1, 0.15) is 32.1 Å². The zero-order valence-corrected chi connectivity index (χ0v) is 11.5. The summed E-state index contributed by atoms with van der Waals surface area (Å²) in [7, 11) is 0. The number of ether oxygens (including phenoxy) is 2. The van der Waals surface area contributed by atoms with Crippen molar-refractivity contribution < 1.29 is 9.47 Å². The summed E-state index contributed by atoms with van der Waals surface area (Å²) >= 11 is 0. The Bertz CT molecular complexity index is 378. The molecule has 0 N–H and O–H groups in total. The average molecular weight is 261 g/mol. The smallest absolute Gasteiger partial charge is 0.119 e. The highest BCUT2D eigenvalue weighted by Gasteiger charge is 2.15. The first kappa shape index (κ1) is 12.8. The van der Waals surface area contributed by atoms with E-state index in [1.165, 1.54) is 44.5 Å². The third-order valence-corrected chi connectivity index (χ3v) is 4.02. The molecule has 0 spiro atoms. The highest BCUT2D eigenvalue weighted by atomic mass is 16.5. The van der Waals surface area contributed by atoms with Gasteiger partial charge in [-0.15, -0.1) is 0 Å². The van der Waals surface area contributed by atoms with Gasteiger partial charge in [-0.25, -0.2) is 0 Å². The molecule has 2 saturated heterocycles.